The van der Waals surface area contributed by atoms with Crippen LogP contribution in [0.15, 0.2) is 12.1 Å². The van der Waals surface area contributed by atoms with Crippen molar-refractivity contribution < 1.29 is 13.3 Å². The maximum Gasteiger partial charge on any atom is 0.198 e. The van der Waals surface area contributed by atoms with E-state index in [1.165, 1.54) is 13.2 Å². The molecule has 0 heterocycles. The van der Waals surface area contributed by atoms with Gasteiger partial charge in [-0.1, -0.05) is 6.07 Å². The number of rotatable bonds is 3. The van der Waals surface area contributed by atoms with Crippen molar-refractivity contribution in [2.45, 2.75) is 18.4 Å². The minimum absolute atomic E-state index is 0.118. The number of nitrogens with zero attached hydrogens (tertiary/aromatic N) is 1. The van der Waals surface area contributed by atoms with Crippen molar-refractivity contribution in [2.75, 3.05) is 7.11 Å². The Morgan fingerprint density at radius 2 is 2.35 bits per heavy atom. The number of ether oxygens (including phenoxy) is 1. The molecule has 0 fully saturated rings. The summed E-state index contributed by atoms with van der Waals surface area (Å²) in [6, 6.07) is 5.19. The van der Waals surface area contributed by atoms with Crippen molar-refractivity contribution in [3.8, 4) is 11.8 Å². The Kier molecular flexibility index (Phi) is 3.80. The molecule has 17 heavy (non-hydrogen) atoms. The normalized spacial score (nSPS) is 22.0. The molecule has 6 heteroatoms. The Morgan fingerprint density at radius 3 is 2.94 bits per heavy atom. The largest absolute Gasteiger partial charge is 0.493 e. The van der Waals surface area contributed by atoms with E-state index in [0.717, 1.165) is 14.8 Å². The predicted octanol–water partition coefficient (Wildman–Crippen LogP) is 3.51. The van der Waals surface area contributed by atoms with Crippen molar-refractivity contribution in [1.29, 1.82) is 5.26 Å². The summed E-state index contributed by atoms with van der Waals surface area (Å²) < 4.78 is 24.2. The molecular formula is C11H9FINO2S. The first-order chi connectivity index (χ1) is 8.18. The highest BCUT2D eigenvalue weighted by Gasteiger charge is 2.44. The Labute approximate surface area is 115 Å². The SMILES string of the molecule is COc1c(F)ccc2c1C(C#N)(OSI)CC2. The molecule has 90 valence electrons. The van der Waals surface area contributed by atoms with E-state index < -0.39 is 11.4 Å². The minimum atomic E-state index is -1.10. The van der Waals surface area contributed by atoms with Gasteiger partial charge >= 0.3 is 0 Å². The smallest absolute Gasteiger partial charge is 0.198 e. The number of nitriles is 1. The highest BCUT2D eigenvalue weighted by molar-refractivity contribution is 14.2. The van der Waals surface area contributed by atoms with Crippen LogP contribution in [0.5, 0.6) is 5.75 Å². The number of methoxy groups -OCH3 is 1. The second-order valence-electron chi connectivity index (χ2n) is 3.70. The third-order valence-corrected chi connectivity index (χ3v) is 3.79. The van der Waals surface area contributed by atoms with Gasteiger partial charge in [0, 0.05) is 26.8 Å². The van der Waals surface area contributed by atoms with E-state index >= 15 is 0 Å². The van der Waals surface area contributed by atoms with Crippen LogP contribution in [0, 0.1) is 17.1 Å². The third kappa shape index (κ3) is 2.00. The molecule has 0 aromatic heterocycles. The van der Waals surface area contributed by atoms with E-state index in [1.54, 1.807) is 6.07 Å². The van der Waals surface area contributed by atoms with Crippen LogP contribution in [0.3, 0.4) is 0 Å². The monoisotopic (exact) mass is 365 g/mol. The van der Waals surface area contributed by atoms with Gasteiger partial charge in [-0.2, -0.15) is 5.26 Å². The Morgan fingerprint density at radius 1 is 1.59 bits per heavy atom. The first-order valence-corrected chi connectivity index (χ1v) is 8.20. The zero-order chi connectivity index (χ0) is 12.5. The molecule has 0 amide bonds. The van der Waals surface area contributed by atoms with Gasteiger partial charge in [-0.3, -0.25) is 4.18 Å². The van der Waals surface area contributed by atoms with Crippen LogP contribution in [0.4, 0.5) is 4.39 Å². The van der Waals surface area contributed by atoms with Gasteiger partial charge in [0.2, 0.25) is 0 Å². The summed E-state index contributed by atoms with van der Waals surface area (Å²) in [7, 11) is 2.48. The first-order valence-electron chi connectivity index (χ1n) is 4.92. The highest BCUT2D eigenvalue weighted by Crippen LogP contribution is 2.48. The number of aryl methyl sites for hydroxylation is 1. The Balaban J connectivity index is 2.63. The molecule has 2 rings (SSSR count). The van der Waals surface area contributed by atoms with E-state index in [4.69, 9.17) is 8.92 Å². The average Bonchev–Trinajstić information content (AvgIpc) is 2.70. The number of hydrogen-bond acceptors (Lipinski definition) is 4. The van der Waals surface area contributed by atoms with Gasteiger partial charge in [-0.15, -0.1) is 0 Å². The van der Waals surface area contributed by atoms with Gasteiger partial charge in [0.1, 0.15) is 6.07 Å². The lowest BCUT2D eigenvalue weighted by Crippen LogP contribution is -2.22. The van der Waals surface area contributed by atoms with Crippen LogP contribution in [0.1, 0.15) is 17.5 Å². The van der Waals surface area contributed by atoms with Gasteiger partial charge in [-0.05, 0) is 24.5 Å². The van der Waals surface area contributed by atoms with E-state index in [1.807, 2.05) is 21.2 Å². The molecule has 1 atom stereocenters. The highest BCUT2D eigenvalue weighted by atomic mass is 127. The summed E-state index contributed by atoms with van der Waals surface area (Å²) in [5.74, 6) is -0.346. The maximum atomic E-state index is 13.7. The van der Waals surface area contributed by atoms with Crippen molar-refractivity contribution in [3.63, 3.8) is 0 Å². The Bertz CT molecular complexity index is 487. The molecule has 0 aliphatic heterocycles. The molecule has 1 aromatic rings. The number of halogens is 2. The van der Waals surface area contributed by atoms with Crippen molar-refractivity contribution in [1.82, 2.24) is 0 Å². The van der Waals surface area contributed by atoms with Crippen LogP contribution < -0.4 is 4.74 Å². The fraction of sp³-hybridized carbons (Fsp3) is 0.364. The van der Waals surface area contributed by atoms with Gasteiger partial charge in [-0.25, -0.2) is 4.39 Å². The molecule has 0 spiro atoms. The second-order valence-corrected chi connectivity index (χ2v) is 5.07. The lowest BCUT2D eigenvalue weighted by atomic mass is 9.96. The van der Waals surface area contributed by atoms with E-state index in [9.17, 15) is 9.65 Å². The molecule has 0 saturated heterocycles. The summed E-state index contributed by atoms with van der Waals surface area (Å²) in [4.78, 5) is 0. The van der Waals surface area contributed by atoms with Crippen LogP contribution in [-0.2, 0) is 16.2 Å². The predicted molar refractivity (Wildman–Crippen MR) is 71.3 cm³/mol. The lowest BCUT2D eigenvalue weighted by Gasteiger charge is -2.22. The molecule has 0 saturated carbocycles. The quantitative estimate of drug-likeness (QED) is 0.607. The number of benzene rings is 1. The van der Waals surface area contributed by atoms with E-state index in [0.29, 0.717) is 18.4 Å². The van der Waals surface area contributed by atoms with Crippen molar-refractivity contribution in [3.05, 3.63) is 29.1 Å². The van der Waals surface area contributed by atoms with Crippen molar-refractivity contribution in [2.24, 2.45) is 0 Å². The molecule has 1 aliphatic carbocycles. The van der Waals surface area contributed by atoms with Crippen LogP contribution in [-0.4, -0.2) is 7.11 Å². The molecular weight excluding hydrogens is 356 g/mol. The fourth-order valence-electron chi connectivity index (χ4n) is 2.15. The van der Waals surface area contributed by atoms with Crippen LogP contribution >= 0.6 is 30.4 Å². The topological polar surface area (TPSA) is 42.2 Å². The third-order valence-electron chi connectivity index (χ3n) is 2.90. The van der Waals surface area contributed by atoms with E-state index in [2.05, 4.69) is 6.07 Å². The number of hydrogen-bond donors (Lipinski definition) is 0. The average molecular weight is 365 g/mol. The molecule has 3 nitrogen and oxygen atoms in total. The number of fused-ring (bicyclic) bond motifs is 1. The Hall–Kier alpha value is -0.520. The maximum absolute atomic E-state index is 13.7. The minimum Gasteiger partial charge on any atom is -0.493 e. The zero-order valence-corrected chi connectivity index (χ0v) is 12.0. The zero-order valence-electron chi connectivity index (χ0n) is 9.00. The molecule has 0 radical (unpaired) electrons. The van der Waals surface area contributed by atoms with Crippen LogP contribution in [0.25, 0.3) is 0 Å². The van der Waals surface area contributed by atoms with Gasteiger partial charge in [0.15, 0.2) is 17.2 Å². The van der Waals surface area contributed by atoms with E-state index in [-0.39, 0.29) is 5.75 Å². The van der Waals surface area contributed by atoms with Gasteiger partial charge in [0.05, 0.1) is 16.3 Å². The van der Waals surface area contributed by atoms with Gasteiger partial charge in [0.25, 0.3) is 0 Å². The standard InChI is InChI=1S/C11H9FINO2S/c1-15-10-8(12)3-2-7-4-5-11(6-14,9(7)10)16-17-13/h2-3H,4-5H2,1H3. The summed E-state index contributed by atoms with van der Waals surface area (Å²) in [5.41, 5.74) is 0.344. The molecule has 1 aliphatic rings. The summed E-state index contributed by atoms with van der Waals surface area (Å²) in [5, 5.41) is 9.34. The van der Waals surface area contributed by atoms with Crippen LogP contribution in [0.2, 0.25) is 0 Å². The molecule has 1 aromatic carbocycles. The lowest BCUT2D eigenvalue weighted by molar-refractivity contribution is 0.162. The van der Waals surface area contributed by atoms with Crippen molar-refractivity contribution >= 4 is 30.4 Å². The fourth-order valence-corrected chi connectivity index (χ4v) is 3.38. The molecule has 0 bridgehead atoms. The summed E-state index contributed by atoms with van der Waals surface area (Å²) >= 11 is 1.95. The first kappa shape index (κ1) is 12.9. The van der Waals surface area contributed by atoms with Gasteiger partial charge < -0.3 is 4.74 Å². The molecule has 0 N–H and O–H groups in total. The summed E-state index contributed by atoms with van der Waals surface area (Å²) in [6.45, 7) is 0. The second kappa shape index (κ2) is 5.00. The summed E-state index contributed by atoms with van der Waals surface area (Å²) in [6.07, 6.45) is 1.21. The molecule has 1 unspecified atom stereocenters.